The second kappa shape index (κ2) is 11.6. The Morgan fingerprint density at radius 2 is 1.66 bits per heavy atom. The van der Waals surface area contributed by atoms with E-state index >= 15 is 0 Å². The maximum atomic E-state index is 13.3. The molecule has 2 aromatic rings. The minimum atomic E-state index is -0.688. The molecule has 1 heterocycles. The largest absolute Gasteiger partial charge is 0.497 e. The van der Waals surface area contributed by atoms with Crippen LogP contribution >= 0.6 is 0 Å². The van der Waals surface area contributed by atoms with Crippen molar-refractivity contribution in [2.75, 3.05) is 20.2 Å². The van der Waals surface area contributed by atoms with E-state index in [4.69, 9.17) is 4.74 Å². The number of imide groups is 1. The van der Waals surface area contributed by atoms with Crippen molar-refractivity contribution in [1.82, 2.24) is 15.1 Å². The Hall–Kier alpha value is -3.68. The Kier molecular flexibility index (Phi) is 8.63. The number of nitrogens with one attached hydrogen (secondary N) is 1. The molecule has 0 aliphatic carbocycles. The zero-order valence-corrected chi connectivity index (χ0v) is 20.7. The van der Waals surface area contributed by atoms with Crippen molar-refractivity contribution >= 4 is 23.6 Å². The highest BCUT2D eigenvalue weighted by Crippen LogP contribution is 2.23. The summed E-state index contributed by atoms with van der Waals surface area (Å²) in [4.78, 5) is 53.9. The molecule has 2 aromatic carbocycles. The lowest BCUT2D eigenvalue weighted by molar-refractivity contribution is -0.140. The summed E-state index contributed by atoms with van der Waals surface area (Å²) in [7, 11) is 1.57. The molecule has 8 nitrogen and oxygen atoms in total. The molecule has 1 aliphatic rings. The summed E-state index contributed by atoms with van der Waals surface area (Å²) in [5.74, 6) is -0.182. The van der Waals surface area contributed by atoms with Gasteiger partial charge in [0.1, 0.15) is 11.8 Å². The molecule has 0 spiro atoms. The summed E-state index contributed by atoms with van der Waals surface area (Å²) in [5, 5.41) is 2.89. The van der Waals surface area contributed by atoms with Crippen molar-refractivity contribution in [2.45, 2.75) is 46.2 Å². The maximum absolute atomic E-state index is 13.3. The first-order chi connectivity index (χ1) is 16.7. The van der Waals surface area contributed by atoms with Crippen LogP contribution in [0, 0.1) is 5.92 Å². The second-order valence-electron chi connectivity index (χ2n) is 9.10. The summed E-state index contributed by atoms with van der Waals surface area (Å²) >= 11 is 0. The van der Waals surface area contributed by atoms with Gasteiger partial charge in [-0.1, -0.05) is 38.1 Å². The highest BCUT2D eigenvalue weighted by Gasteiger charge is 2.35. The van der Waals surface area contributed by atoms with Crippen molar-refractivity contribution in [2.24, 2.45) is 5.92 Å². The number of hydrogen-bond acceptors (Lipinski definition) is 5. The molecule has 1 atom stereocenters. The van der Waals surface area contributed by atoms with Gasteiger partial charge in [-0.2, -0.15) is 0 Å². The fourth-order valence-corrected chi connectivity index (χ4v) is 3.98. The van der Waals surface area contributed by atoms with Crippen molar-refractivity contribution in [3.63, 3.8) is 0 Å². The predicted molar refractivity (Wildman–Crippen MR) is 132 cm³/mol. The summed E-state index contributed by atoms with van der Waals surface area (Å²) < 4.78 is 5.29. The number of fused-ring (bicyclic) bond motifs is 1. The number of methoxy groups -OCH3 is 1. The van der Waals surface area contributed by atoms with Crippen LogP contribution in [0.2, 0.25) is 0 Å². The molecule has 0 saturated heterocycles. The van der Waals surface area contributed by atoms with E-state index in [1.54, 1.807) is 38.3 Å². The molecule has 186 valence electrons. The zero-order valence-electron chi connectivity index (χ0n) is 20.7. The van der Waals surface area contributed by atoms with E-state index in [1.807, 2.05) is 38.1 Å². The van der Waals surface area contributed by atoms with Crippen molar-refractivity contribution in [1.29, 1.82) is 0 Å². The van der Waals surface area contributed by atoms with E-state index in [0.29, 0.717) is 29.8 Å². The summed E-state index contributed by atoms with van der Waals surface area (Å²) in [5.41, 5.74) is 1.61. The first-order valence-electron chi connectivity index (χ1n) is 11.9. The predicted octanol–water partition coefficient (Wildman–Crippen LogP) is 3.26. The molecular formula is C27H33N3O5. The van der Waals surface area contributed by atoms with E-state index in [-0.39, 0.29) is 49.1 Å². The van der Waals surface area contributed by atoms with E-state index in [2.05, 4.69) is 5.32 Å². The fourth-order valence-electron chi connectivity index (χ4n) is 3.98. The molecule has 1 N–H and O–H groups in total. The van der Waals surface area contributed by atoms with Crippen LogP contribution in [0.3, 0.4) is 0 Å². The van der Waals surface area contributed by atoms with Crippen LogP contribution in [0.15, 0.2) is 48.5 Å². The Labute approximate surface area is 206 Å². The van der Waals surface area contributed by atoms with Gasteiger partial charge in [-0.05, 0) is 49.1 Å². The third-order valence-corrected chi connectivity index (χ3v) is 5.99. The third kappa shape index (κ3) is 6.26. The van der Waals surface area contributed by atoms with Gasteiger partial charge >= 0.3 is 0 Å². The minimum Gasteiger partial charge on any atom is -0.497 e. The summed E-state index contributed by atoms with van der Waals surface area (Å²) in [6.45, 7) is 6.60. The van der Waals surface area contributed by atoms with Crippen LogP contribution in [0.4, 0.5) is 0 Å². The SMILES string of the molecule is COc1cccc(CN(C(=O)CCCN2C(=O)c3ccccc3C2=O)C(C)C(=O)NCC(C)C)c1. The lowest BCUT2D eigenvalue weighted by Crippen LogP contribution is -2.48. The highest BCUT2D eigenvalue weighted by atomic mass is 16.5. The molecule has 0 bridgehead atoms. The molecule has 0 radical (unpaired) electrons. The summed E-state index contributed by atoms with van der Waals surface area (Å²) in [6, 6.07) is 13.4. The minimum absolute atomic E-state index is 0.0964. The number of benzene rings is 2. The molecule has 4 amide bonds. The first kappa shape index (κ1) is 25.9. The molecule has 3 rings (SSSR count). The maximum Gasteiger partial charge on any atom is 0.261 e. The van der Waals surface area contributed by atoms with Crippen molar-refractivity contribution in [3.05, 3.63) is 65.2 Å². The van der Waals surface area contributed by atoms with Crippen LogP contribution in [0.5, 0.6) is 5.75 Å². The fraction of sp³-hybridized carbons (Fsp3) is 0.407. The number of ether oxygens (including phenoxy) is 1. The van der Waals surface area contributed by atoms with Gasteiger partial charge in [0.2, 0.25) is 11.8 Å². The van der Waals surface area contributed by atoms with Crippen LogP contribution < -0.4 is 10.1 Å². The molecular weight excluding hydrogens is 446 g/mol. The van der Waals surface area contributed by atoms with E-state index in [9.17, 15) is 19.2 Å². The molecule has 0 fully saturated rings. The Morgan fingerprint density at radius 3 is 2.26 bits per heavy atom. The molecule has 35 heavy (non-hydrogen) atoms. The van der Waals surface area contributed by atoms with Crippen LogP contribution in [0.25, 0.3) is 0 Å². The van der Waals surface area contributed by atoms with Crippen molar-refractivity contribution in [3.8, 4) is 5.75 Å². The number of rotatable bonds is 11. The van der Waals surface area contributed by atoms with E-state index < -0.39 is 6.04 Å². The first-order valence-corrected chi connectivity index (χ1v) is 11.9. The van der Waals surface area contributed by atoms with Gasteiger partial charge in [0.15, 0.2) is 0 Å². The molecule has 0 aromatic heterocycles. The summed E-state index contributed by atoms with van der Waals surface area (Å²) in [6.07, 6.45) is 0.401. The number of nitrogens with zero attached hydrogens (tertiary/aromatic N) is 2. The number of carbonyl (C=O) groups excluding carboxylic acids is 4. The van der Waals surface area contributed by atoms with Crippen molar-refractivity contribution < 1.29 is 23.9 Å². The van der Waals surface area contributed by atoms with Gasteiger partial charge in [-0.25, -0.2) is 0 Å². The van der Waals surface area contributed by atoms with Crippen LogP contribution in [0.1, 0.15) is 59.9 Å². The molecule has 8 heteroatoms. The van der Waals surface area contributed by atoms with Gasteiger partial charge in [-0.3, -0.25) is 24.1 Å². The monoisotopic (exact) mass is 479 g/mol. The van der Waals surface area contributed by atoms with Gasteiger partial charge in [-0.15, -0.1) is 0 Å². The van der Waals surface area contributed by atoms with E-state index in [0.717, 1.165) is 5.56 Å². The molecule has 1 unspecified atom stereocenters. The lowest BCUT2D eigenvalue weighted by Gasteiger charge is -2.29. The van der Waals surface area contributed by atoms with Crippen LogP contribution in [-0.2, 0) is 16.1 Å². The Morgan fingerprint density at radius 1 is 1.00 bits per heavy atom. The van der Waals surface area contributed by atoms with Gasteiger partial charge in [0.05, 0.1) is 18.2 Å². The Balaban J connectivity index is 1.68. The van der Waals surface area contributed by atoms with Gasteiger partial charge in [0.25, 0.3) is 11.8 Å². The smallest absolute Gasteiger partial charge is 0.261 e. The number of hydrogen-bond donors (Lipinski definition) is 1. The second-order valence-corrected chi connectivity index (χ2v) is 9.10. The molecule has 0 saturated carbocycles. The average Bonchev–Trinajstić information content (AvgIpc) is 3.10. The third-order valence-electron chi connectivity index (χ3n) is 5.99. The van der Waals surface area contributed by atoms with E-state index in [1.165, 1.54) is 9.80 Å². The van der Waals surface area contributed by atoms with Gasteiger partial charge < -0.3 is 15.0 Å². The number of carbonyl (C=O) groups is 4. The highest BCUT2D eigenvalue weighted by molar-refractivity contribution is 6.21. The quantitative estimate of drug-likeness (QED) is 0.499. The lowest BCUT2D eigenvalue weighted by atomic mass is 10.1. The Bertz CT molecular complexity index is 1060. The van der Waals surface area contributed by atoms with Crippen LogP contribution in [-0.4, -0.2) is 59.7 Å². The normalized spacial score (nSPS) is 13.6. The van der Waals surface area contributed by atoms with Gasteiger partial charge in [0, 0.05) is 26.1 Å². The topological polar surface area (TPSA) is 96.0 Å². The number of amides is 4. The average molecular weight is 480 g/mol. The standard InChI is InChI=1S/C27H33N3O5/c1-18(2)16-28-25(32)19(3)30(17-20-9-7-10-21(15-20)35-4)24(31)13-8-14-29-26(33)22-11-5-6-12-23(22)27(29)34/h5-7,9-12,15,18-19H,8,13-14,16-17H2,1-4H3,(H,28,32). The zero-order chi connectivity index (χ0) is 25.5. The molecule has 1 aliphatic heterocycles.